The molecule has 0 aliphatic carbocycles. The van der Waals surface area contributed by atoms with Gasteiger partial charge in [-0.1, -0.05) is 12.1 Å². The van der Waals surface area contributed by atoms with Gasteiger partial charge in [-0.05, 0) is 12.7 Å². The molecule has 1 unspecified atom stereocenters. The molecule has 0 saturated heterocycles. The molecule has 0 aromatic carbocycles. The predicted molar refractivity (Wildman–Crippen MR) is 53.9 cm³/mol. The van der Waals surface area contributed by atoms with Crippen molar-refractivity contribution >= 4 is 17.6 Å². The van der Waals surface area contributed by atoms with E-state index in [1.165, 1.54) is 0 Å². The van der Waals surface area contributed by atoms with E-state index in [-0.39, 0.29) is 11.9 Å². The fourth-order valence-electron chi connectivity index (χ4n) is 0.863. The first-order valence-electron chi connectivity index (χ1n) is 3.96. The van der Waals surface area contributed by atoms with Crippen LogP contribution in [0.1, 0.15) is 13.3 Å². The van der Waals surface area contributed by atoms with Crippen LogP contribution in [0.2, 0.25) is 0 Å². The number of amidine groups is 1. The maximum absolute atomic E-state index is 8.41. The molecule has 72 valence electrons. The Labute approximate surface area is 77.6 Å². The minimum absolute atomic E-state index is 0.00199. The van der Waals surface area contributed by atoms with E-state index in [1.54, 1.807) is 11.8 Å². The van der Waals surface area contributed by atoms with Crippen LogP contribution < -0.4 is 11.1 Å². The van der Waals surface area contributed by atoms with Gasteiger partial charge in [0.05, 0.1) is 6.04 Å². The summed E-state index contributed by atoms with van der Waals surface area (Å²) in [6, 6.07) is 0.00199. The number of nitrogens with zero attached hydrogens (tertiary/aromatic N) is 1. The largest absolute Gasteiger partial charge is 0.409 e. The summed E-state index contributed by atoms with van der Waals surface area (Å²) in [6.07, 6.45) is 2.89. The Morgan fingerprint density at radius 1 is 1.75 bits per heavy atom. The standard InChI is InChI=1S/C7H17N3OS/c1-3-6(7(8)10-11)9-4-5-12-2/h6,9,11H,3-5H2,1-2H3,(H2,8,10). The van der Waals surface area contributed by atoms with Gasteiger partial charge in [0.2, 0.25) is 0 Å². The highest BCUT2D eigenvalue weighted by Crippen LogP contribution is 1.93. The van der Waals surface area contributed by atoms with Crippen LogP contribution >= 0.6 is 11.8 Å². The van der Waals surface area contributed by atoms with Gasteiger partial charge in [-0.15, -0.1) is 0 Å². The van der Waals surface area contributed by atoms with Gasteiger partial charge in [0, 0.05) is 12.3 Å². The normalized spacial score (nSPS) is 14.7. The first-order valence-corrected chi connectivity index (χ1v) is 5.35. The maximum atomic E-state index is 8.41. The summed E-state index contributed by atoms with van der Waals surface area (Å²) in [5, 5.41) is 14.6. The van der Waals surface area contributed by atoms with Crippen molar-refractivity contribution in [3.63, 3.8) is 0 Å². The Bertz CT molecular complexity index is 141. The monoisotopic (exact) mass is 191 g/mol. The number of hydrogen-bond donors (Lipinski definition) is 3. The van der Waals surface area contributed by atoms with E-state index in [1.807, 2.05) is 13.2 Å². The van der Waals surface area contributed by atoms with Crippen molar-refractivity contribution in [2.45, 2.75) is 19.4 Å². The Balaban J connectivity index is 3.68. The molecule has 4 nitrogen and oxygen atoms in total. The summed E-state index contributed by atoms with van der Waals surface area (Å²) in [6.45, 7) is 2.88. The third-order valence-corrected chi connectivity index (χ3v) is 2.19. The lowest BCUT2D eigenvalue weighted by molar-refractivity contribution is 0.314. The highest BCUT2D eigenvalue weighted by molar-refractivity contribution is 7.98. The molecule has 12 heavy (non-hydrogen) atoms. The first kappa shape index (κ1) is 11.6. The topological polar surface area (TPSA) is 70.6 Å². The van der Waals surface area contributed by atoms with Crippen LogP contribution in [0.4, 0.5) is 0 Å². The third kappa shape index (κ3) is 4.46. The molecule has 0 aliphatic rings. The van der Waals surface area contributed by atoms with Gasteiger partial charge in [-0.25, -0.2) is 0 Å². The molecule has 0 aromatic heterocycles. The highest BCUT2D eigenvalue weighted by Gasteiger charge is 2.09. The molecular weight excluding hydrogens is 174 g/mol. The van der Waals surface area contributed by atoms with Gasteiger partial charge in [0.15, 0.2) is 5.84 Å². The fraction of sp³-hybridized carbons (Fsp3) is 0.857. The maximum Gasteiger partial charge on any atom is 0.156 e. The van der Waals surface area contributed by atoms with Gasteiger partial charge in [0.25, 0.3) is 0 Å². The molecule has 0 rings (SSSR count). The van der Waals surface area contributed by atoms with Crippen LogP contribution in [0.3, 0.4) is 0 Å². The van der Waals surface area contributed by atoms with E-state index < -0.39 is 0 Å². The van der Waals surface area contributed by atoms with Crippen LogP contribution in [0, 0.1) is 0 Å². The van der Waals surface area contributed by atoms with E-state index >= 15 is 0 Å². The third-order valence-electron chi connectivity index (χ3n) is 1.58. The van der Waals surface area contributed by atoms with Crippen molar-refractivity contribution in [1.82, 2.24) is 5.32 Å². The Hall–Kier alpha value is -0.420. The van der Waals surface area contributed by atoms with Crippen LogP contribution in [0.5, 0.6) is 0 Å². The summed E-state index contributed by atoms with van der Waals surface area (Å²) >= 11 is 1.77. The van der Waals surface area contributed by atoms with E-state index in [9.17, 15) is 0 Å². The Morgan fingerprint density at radius 2 is 2.42 bits per heavy atom. The van der Waals surface area contributed by atoms with Crippen molar-refractivity contribution in [3.8, 4) is 0 Å². The molecule has 0 heterocycles. The molecule has 0 aliphatic heterocycles. The van der Waals surface area contributed by atoms with Gasteiger partial charge in [0.1, 0.15) is 0 Å². The first-order chi connectivity index (χ1) is 5.76. The SMILES string of the molecule is CCC(NCCSC)C(N)=NO. The van der Waals surface area contributed by atoms with E-state index in [0.717, 1.165) is 18.7 Å². The molecule has 5 heteroatoms. The molecule has 0 bridgehead atoms. The number of rotatable bonds is 6. The highest BCUT2D eigenvalue weighted by atomic mass is 32.2. The van der Waals surface area contributed by atoms with Crippen molar-refractivity contribution in [2.75, 3.05) is 18.6 Å². The van der Waals surface area contributed by atoms with E-state index in [0.29, 0.717) is 0 Å². The van der Waals surface area contributed by atoms with Crippen LogP contribution in [0.15, 0.2) is 5.16 Å². The molecule has 0 radical (unpaired) electrons. The average molecular weight is 191 g/mol. The fourth-order valence-corrected chi connectivity index (χ4v) is 1.18. The molecule has 0 amide bonds. The lowest BCUT2D eigenvalue weighted by Gasteiger charge is -2.14. The number of oxime groups is 1. The van der Waals surface area contributed by atoms with Crippen LogP contribution in [0.25, 0.3) is 0 Å². The summed E-state index contributed by atoms with van der Waals surface area (Å²) in [5.41, 5.74) is 5.44. The lowest BCUT2D eigenvalue weighted by atomic mass is 10.2. The van der Waals surface area contributed by atoms with Gasteiger partial charge in [-0.3, -0.25) is 0 Å². The second-order valence-electron chi connectivity index (χ2n) is 2.43. The Kier molecular flexibility index (Phi) is 6.99. The average Bonchev–Trinajstić information content (AvgIpc) is 2.11. The zero-order valence-electron chi connectivity index (χ0n) is 7.58. The van der Waals surface area contributed by atoms with Crippen molar-refractivity contribution < 1.29 is 5.21 Å². The number of nitrogens with two attached hydrogens (primary N) is 1. The molecule has 1 atom stereocenters. The van der Waals surface area contributed by atoms with Crippen molar-refractivity contribution in [1.29, 1.82) is 0 Å². The molecular formula is C7H17N3OS. The van der Waals surface area contributed by atoms with Crippen molar-refractivity contribution in [2.24, 2.45) is 10.9 Å². The minimum atomic E-state index is 0.00199. The Morgan fingerprint density at radius 3 is 2.83 bits per heavy atom. The van der Waals surface area contributed by atoms with Crippen LogP contribution in [-0.2, 0) is 0 Å². The lowest BCUT2D eigenvalue weighted by Crippen LogP contribution is -2.41. The number of thioether (sulfide) groups is 1. The van der Waals surface area contributed by atoms with E-state index in [2.05, 4.69) is 10.5 Å². The van der Waals surface area contributed by atoms with Gasteiger partial charge in [-0.2, -0.15) is 11.8 Å². The smallest absolute Gasteiger partial charge is 0.156 e. The minimum Gasteiger partial charge on any atom is -0.409 e. The summed E-state index contributed by atoms with van der Waals surface area (Å²) < 4.78 is 0. The second-order valence-corrected chi connectivity index (χ2v) is 3.42. The molecule has 0 saturated carbocycles. The predicted octanol–water partition coefficient (Wildman–Crippen LogP) is 0.464. The molecule has 0 aromatic rings. The van der Waals surface area contributed by atoms with Gasteiger partial charge < -0.3 is 16.3 Å². The molecule has 0 fully saturated rings. The zero-order valence-corrected chi connectivity index (χ0v) is 8.40. The summed E-state index contributed by atoms with van der Waals surface area (Å²) in [7, 11) is 0. The molecule has 4 N–H and O–H groups in total. The quantitative estimate of drug-likeness (QED) is 0.188. The summed E-state index contributed by atoms with van der Waals surface area (Å²) in [4.78, 5) is 0. The second kappa shape index (κ2) is 7.24. The van der Waals surface area contributed by atoms with Crippen molar-refractivity contribution in [3.05, 3.63) is 0 Å². The summed E-state index contributed by atoms with van der Waals surface area (Å²) in [5.74, 6) is 1.30. The van der Waals surface area contributed by atoms with E-state index in [4.69, 9.17) is 10.9 Å². The molecule has 0 spiro atoms. The van der Waals surface area contributed by atoms with Gasteiger partial charge >= 0.3 is 0 Å². The number of nitrogens with one attached hydrogen (secondary N) is 1. The number of hydrogen-bond acceptors (Lipinski definition) is 4. The zero-order chi connectivity index (χ0) is 9.40. The van der Waals surface area contributed by atoms with Crippen LogP contribution in [-0.4, -0.2) is 35.6 Å².